The van der Waals surface area contributed by atoms with Crippen molar-refractivity contribution in [3.63, 3.8) is 0 Å². The van der Waals surface area contributed by atoms with Gasteiger partial charge in [0.15, 0.2) is 11.6 Å². The second kappa shape index (κ2) is 11.8. The average Bonchev–Trinajstić information content (AvgIpc) is 2.90. The van der Waals surface area contributed by atoms with Gasteiger partial charge in [0.05, 0.1) is 30.7 Å². The van der Waals surface area contributed by atoms with Gasteiger partial charge >= 0.3 is 6.18 Å². The zero-order valence-electron chi connectivity index (χ0n) is 21.4. The van der Waals surface area contributed by atoms with E-state index < -0.39 is 17.6 Å². The highest BCUT2D eigenvalue weighted by Gasteiger charge is 2.30. The van der Waals surface area contributed by atoms with Crippen molar-refractivity contribution >= 4 is 29.4 Å². The number of alkyl halides is 3. The zero-order valence-corrected chi connectivity index (χ0v) is 21.4. The smallest absolute Gasteiger partial charge is 0.374 e. The van der Waals surface area contributed by atoms with Crippen LogP contribution in [0.4, 0.5) is 40.7 Å². The van der Waals surface area contributed by atoms with E-state index in [9.17, 15) is 17.6 Å². The average molecular weight is 531 g/mol. The molecule has 2 N–H and O–H groups in total. The Kier molecular flexibility index (Phi) is 8.45. The maximum absolute atomic E-state index is 14.5. The Morgan fingerprint density at radius 2 is 1.97 bits per heavy atom. The molecule has 11 heteroatoms. The summed E-state index contributed by atoms with van der Waals surface area (Å²) < 4.78 is 59.3. The Morgan fingerprint density at radius 1 is 1.18 bits per heavy atom. The molecule has 38 heavy (non-hydrogen) atoms. The monoisotopic (exact) mass is 530 g/mol. The Bertz CT molecular complexity index is 1280. The minimum absolute atomic E-state index is 0.00829. The van der Waals surface area contributed by atoms with Gasteiger partial charge in [0.25, 0.3) is 0 Å². The second-order valence-electron chi connectivity index (χ2n) is 9.31. The fraction of sp³-hybridized carbons (Fsp3) is 0.370. The first kappa shape index (κ1) is 27.3. The quantitative estimate of drug-likeness (QED) is 0.204. The summed E-state index contributed by atoms with van der Waals surface area (Å²) in [5, 5.41) is 7.24. The number of ether oxygens (including phenoxy) is 1. The molecule has 2 aromatic carbocycles. The number of nitrogens with zero attached hydrogens (tertiary/aromatic N) is 4. The SMILES string of the molecule is CCc1cc(Nc2cccc(C(F)(F)F)c2)ccc1/C=N/Nc1ncc(F)c(N2CCOC(C(C)C)C2)n1. The zero-order chi connectivity index (χ0) is 27.3. The second-order valence-corrected chi connectivity index (χ2v) is 9.31. The number of hydrogen-bond acceptors (Lipinski definition) is 7. The first-order valence-electron chi connectivity index (χ1n) is 12.4. The van der Waals surface area contributed by atoms with E-state index in [-0.39, 0.29) is 17.9 Å². The van der Waals surface area contributed by atoms with E-state index in [0.29, 0.717) is 43.4 Å². The number of morpholine rings is 1. The van der Waals surface area contributed by atoms with Crippen molar-refractivity contribution in [1.29, 1.82) is 0 Å². The molecule has 1 aromatic heterocycles. The minimum Gasteiger partial charge on any atom is -0.374 e. The highest BCUT2D eigenvalue weighted by Crippen LogP contribution is 2.31. The van der Waals surface area contributed by atoms with Crippen LogP contribution in [0.15, 0.2) is 53.8 Å². The summed E-state index contributed by atoms with van der Waals surface area (Å²) in [6.45, 7) is 7.65. The van der Waals surface area contributed by atoms with Crippen molar-refractivity contribution in [2.24, 2.45) is 11.0 Å². The van der Waals surface area contributed by atoms with Gasteiger partial charge in [-0.15, -0.1) is 0 Å². The molecule has 0 radical (unpaired) electrons. The van der Waals surface area contributed by atoms with Crippen LogP contribution in [0.25, 0.3) is 0 Å². The molecule has 1 aliphatic rings. The van der Waals surface area contributed by atoms with Gasteiger partial charge in [0, 0.05) is 24.5 Å². The maximum Gasteiger partial charge on any atom is 0.416 e. The van der Waals surface area contributed by atoms with Crippen molar-refractivity contribution in [2.75, 3.05) is 35.3 Å². The Balaban J connectivity index is 1.45. The van der Waals surface area contributed by atoms with E-state index in [0.717, 1.165) is 29.5 Å². The van der Waals surface area contributed by atoms with Crippen LogP contribution in [-0.2, 0) is 17.3 Å². The molecule has 0 spiro atoms. The largest absolute Gasteiger partial charge is 0.416 e. The molecule has 202 valence electrons. The van der Waals surface area contributed by atoms with E-state index in [4.69, 9.17) is 4.74 Å². The summed E-state index contributed by atoms with van der Waals surface area (Å²) in [7, 11) is 0. The molecule has 0 saturated carbocycles. The molecular weight excluding hydrogens is 500 g/mol. The number of hydrogen-bond donors (Lipinski definition) is 2. The van der Waals surface area contributed by atoms with Crippen molar-refractivity contribution in [2.45, 2.75) is 39.5 Å². The van der Waals surface area contributed by atoms with Gasteiger partial charge in [0.1, 0.15) is 0 Å². The number of hydrazone groups is 1. The van der Waals surface area contributed by atoms with Gasteiger partial charge < -0.3 is 15.0 Å². The molecule has 1 aliphatic heterocycles. The van der Waals surface area contributed by atoms with Crippen LogP contribution in [0.2, 0.25) is 0 Å². The molecule has 3 aromatic rings. The fourth-order valence-electron chi connectivity index (χ4n) is 4.12. The number of anilines is 4. The third kappa shape index (κ3) is 6.77. The molecule has 4 rings (SSSR count). The van der Waals surface area contributed by atoms with Crippen LogP contribution in [0, 0.1) is 11.7 Å². The number of rotatable bonds is 8. The van der Waals surface area contributed by atoms with E-state index >= 15 is 0 Å². The predicted octanol–water partition coefficient (Wildman–Crippen LogP) is 6.25. The fourth-order valence-corrected chi connectivity index (χ4v) is 4.12. The number of benzene rings is 2. The van der Waals surface area contributed by atoms with E-state index in [2.05, 4.69) is 39.7 Å². The van der Waals surface area contributed by atoms with Crippen molar-refractivity contribution in [1.82, 2.24) is 9.97 Å². The van der Waals surface area contributed by atoms with Crippen molar-refractivity contribution in [3.05, 3.63) is 71.2 Å². The summed E-state index contributed by atoms with van der Waals surface area (Å²) in [6.07, 6.45) is -1.03. The highest BCUT2D eigenvalue weighted by atomic mass is 19.4. The molecule has 1 unspecified atom stereocenters. The number of halogens is 4. The summed E-state index contributed by atoms with van der Waals surface area (Å²) in [4.78, 5) is 10.2. The Hall–Kier alpha value is -3.73. The first-order chi connectivity index (χ1) is 18.1. The lowest BCUT2D eigenvalue weighted by Gasteiger charge is -2.35. The highest BCUT2D eigenvalue weighted by molar-refractivity contribution is 5.83. The molecule has 7 nitrogen and oxygen atoms in total. The van der Waals surface area contributed by atoms with Gasteiger partial charge in [0.2, 0.25) is 5.95 Å². The Labute approximate surface area is 218 Å². The standard InChI is InChI=1S/C27H30F4N6O/c1-4-18-12-22(34-21-7-5-6-20(13-21)27(29,30)31)9-8-19(18)14-33-36-26-32-15-23(28)25(35-26)37-10-11-38-24(16-37)17(2)3/h5-9,12-15,17,24,34H,4,10-11,16H2,1-3H3,(H,32,35,36)/b33-14+. The van der Waals surface area contributed by atoms with Gasteiger partial charge in [-0.3, -0.25) is 0 Å². The number of nitrogens with one attached hydrogen (secondary N) is 2. The van der Waals surface area contributed by atoms with Crippen LogP contribution in [0.3, 0.4) is 0 Å². The lowest BCUT2D eigenvalue weighted by Crippen LogP contribution is -2.45. The molecule has 0 amide bonds. The number of aryl methyl sites for hydroxylation is 1. The summed E-state index contributed by atoms with van der Waals surface area (Å²) >= 11 is 0. The van der Waals surface area contributed by atoms with Crippen LogP contribution < -0.4 is 15.6 Å². The summed E-state index contributed by atoms with van der Waals surface area (Å²) in [6, 6.07) is 10.5. The van der Waals surface area contributed by atoms with E-state index in [1.54, 1.807) is 18.3 Å². The van der Waals surface area contributed by atoms with E-state index in [1.807, 2.05) is 24.0 Å². The normalized spacial score (nSPS) is 16.3. The van der Waals surface area contributed by atoms with Gasteiger partial charge in [-0.1, -0.05) is 32.9 Å². The third-order valence-corrected chi connectivity index (χ3v) is 6.23. The molecule has 1 fully saturated rings. The van der Waals surface area contributed by atoms with Gasteiger partial charge in [-0.2, -0.15) is 23.3 Å². The summed E-state index contributed by atoms with van der Waals surface area (Å²) in [5.74, 6) is 0.141. The third-order valence-electron chi connectivity index (χ3n) is 6.23. The van der Waals surface area contributed by atoms with Crippen molar-refractivity contribution in [3.8, 4) is 0 Å². The number of aromatic nitrogens is 2. The maximum atomic E-state index is 14.5. The molecule has 0 bridgehead atoms. The van der Waals surface area contributed by atoms with Crippen LogP contribution in [0.1, 0.15) is 37.5 Å². The van der Waals surface area contributed by atoms with Gasteiger partial charge in [-0.05, 0) is 53.8 Å². The first-order valence-corrected chi connectivity index (χ1v) is 12.4. The minimum atomic E-state index is -4.41. The Morgan fingerprint density at radius 3 is 2.71 bits per heavy atom. The van der Waals surface area contributed by atoms with Crippen LogP contribution >= 0.6 is 0 Å². The summed E-state index contributed by atoms with van der Waals surface area (Å²) in [5.41, 5.74) is 4.78. The lowest BCUT2D eigenvalue weighted by molar-refractivity contribution is -0.137. The van der Waals surface area contributed by atoms with E-state index in [1.165, 1.54) is 6.07 Å². The molecule has 0 aliphatic carbocycles. The van der Waals surface area contributed by atoms with Crippen LogP contribution in [0.5, 0.6) is 0 Å². The predicted molar refractivity (Wildman–Crippen MR) is 141 cm³/mol. The molecule has 2 heterocycles. The molecule has 1 saturated heterocycles. The molecule has 1 atom stereocenters. The lowest BCUT2D eigenvalue weighted by atomic mass is 10.0. The van der Waals surface area contributed by atoms with Crippen molar-refractivity contribution < 1.29 is 22.3 Å². The van der Waals surface area contributed by atoms with Gasteiger partial charge in [-0.25, -0.2) is 14.8 Å². The topological polar surface area (TPSA) is 74.7 Å². The molecular formula is C27H30F4N6O. The van der Waals surface area contributed by atoms with Crippen LogP contribution in [-0.4, -0.2) is 42.0 Å².